The lowest BCUT2D eigenvalue weighted by molar-refractivity contribution is 0.102. The minimum absolute atomic E-state index is 0.0662. The topological polar surface area (TPSA) is 133 Å². The van der Waals surface area contributed by atoms with Gasteiger partial charge in [0.1, 0.15) is 24.3 Å². The number of nitrogens with one attached hydrogen (secondary N) is 1. The molecule has 0 bridgehead atoms. The molecule has 0 spiro atoms. The quantitative estimate of drug-likeness (QED) is 0.710. The number of rotatable bonds is 4. The third-order valence-corrected chi connectivity index (χ3v) is 4.04. The molecule has 122 valence electrons. The molecular weight excluding hydrogens is 332 g/mol. The maximum Gasteiger partial charge on any atom is 0.256 e. The van der Waals surface area contributed by atoms with Crippen molar-refractivity contribution in [2.75, 3.05) is 5.32 Å². The third-order valence-electron chi connectivity index (χ3n) is 3.11. The van der Waals surface area contributed by atoms with Crippen LogP contribution in [0.1, 0.15) is 10.4 Å². The highest BCUT2D eigenvalue weighted by Crippen LogP contribution is 2.12. The summed E-state index contributed by atoms with van der Waals surface area (Å²) in [5, 5.41) is 7.63. The average Bonchev–Trinajstić information content (AvgIpc) is 3.09. The van der Waals surface area contributed by atoms with Crippen LogP contribution in [-0.4, -0.2) is 33.8 Å². The highest BCUT2D eigenvalue weighted by Gasteiger charge is 2.11. The first-order valence-electron chi connectivity index (χ1n) is 6.68. The number of carbonyl (C=O) groups excluding carboxylic acids is 1. The number of sulfonamides is 1. The monoisotopic (exact) mass is 344 g/mol. The minimum Gasteiger partial charge on any atom is -0.306 e. The van der Waals surface area contributed by atoms with Crippen LogP contribution in [0.15, 0.2) is 60.3 Å². The molecule has 2 aromatic heterocycles. The van der Waals surface area contributed by atoms with Gasteiger partial charge >= 0.3 is 0 Å². The fraction of sp³-hybridized carbons (Fsp3) is 0. The van der Waals surface area contributed by atoms with E-state index in [2.05, 4.69) is 20.3 Å². The Kier molecular flexibility index (Phi) is 4.06. The highest BCUT2D eigenvalue weighted by molar-refractivity contribution is 7.89. The van der Waals surface area contributed by atoms with Crippen LogP contribution in [0.5, 0.6) is 0 Å². The molecule has 24 heavy (non-hydrogen) atoms. The van der Waals surface area contributed by atoms with Crippen LogP contribution in [0.2, 0.25) is 0 Å². The largest absolute Gasteiger partial charge is 0.306 e. The van der Waals surface area contributed by atoms with Crippen molar-refractivity contribution in [3.05, 3.63) is 60.9 Å². The molecule has 0 radical (unpaired) electrons. The van der Waals surface area contributed by atoms with Crippen molar-refractivity contribution in [3.63, 3.8) is 0 Å². The van der Waals surface area contributed by atoms with Crippen molar-refractivity contribution < 1.29 is 13.2 Å². The highest BCUT2D eigenvalue weighted by atomic mass is 32.2. The molecule has 0 aliphatic heterocycles. The normalized spacial score (nSPS) is 11.2. The van der Waals surface area contributed by atoms with Gasteiger partial charge in [0.05, 0.1) is 4.90 Å². The zero-order valence-corrected chi connectivity index (χ0v) is 13.0. The Hall–Kier alpha value is -3.11. The molecule has 3 rings (SSSR count). The van der Waals surface area contributed by atoms with E-state index < -0.39 is 15.9 Å². The van der Waals surface area contributed by atoms with E-state index in [1.807, 2.05) is 0 Å². The summed E-state index contributed by atoms with van der Waals surface area (Å²) in [6, 6.07) is 6.85. The summed E-state index contributed by atoms with van der Waals surface area (Å²) in [7, 11) is -3.80. The summed E-state index contributed by atoms with van der Waals surface area (Å²) in [6.07, 6.45) is 6.20. The SMILES string of the molecule is NS(=O)(=O)c1ccc(C(=O)Nc2cc(-n3ccnc3)ncn2)cc1. The fourth-order valence-corrected chi connectivity index (χ4v) is 2.45. The van der Waals surface area contributed by atoms with Crippen LogP contribution in [-0.2, 0) is 10.0 Å². The molecule has 1 aromatic carbocycles. The molecular formula is C14H12N6O3S. The van der Waals surface area contributed by atoms with Gasteiger partial charge in [-0.05, 0) is 24.3 Å². The number of imidazole rings is 1. The predicted molar refractivity (Wildman–Crippen MR) is 84.9 cm³/mol. The van der Waals surface area contributed by atoms with Crippen LogP contribution < -0.4 is 10.5 Å². The lowest BCUT2D eigenvalue weighted by atomic mass is 10.2. The maximum atomic E-state index is 12.2. The number of aromatic nitrogens is 4. The molecule has 3 N–H and O–H groups in total. The van der Waals surface area contributed by atoms with Crippen molar-refractivity contribution in [1.82, 2.24) is 19.5 Å². The van der Waals surface area contributed by atoms with Crippen LogP contribution in [0.3, 0.4) is 0 Å². The molecule has 10 heteroatoms. The lowest BCUT2D eigenvalue weighted by Crippen LogP contribution is -2.15. The summed E-state index contributed by atoms with van der Waals surface area (Å²) in [6.45, 7) is 0. The zero-order valence-electron chi connectivity index (χ0n) is 12.2. The molecule has 0 aliphatic rings. The summed E-state index contributed by atoms with van der Waals surface area (Å²) >= 11 is 0. The Balaban J connectivity index is 1.79. The number of hydrogen-bond acceptors (Lipinski definition) is 6. The Morgan fingerprint density at radius 3 is 2.54 bits per heavy atom. The zero-order chi connectivity index (χ0) is 17.2. The molecule has 2 heterocycles. The van der Waals surface area contributed by atoms with E-state index in [1.54, 1.807) is 29.4 Å². The Labute approximate surface area is 137 Å². The van der Waals surface area contributed by atoms with Crippen molar-refractivity contribution in [3.8, 4) is 5.82 Å². The van der Waals surface area contributed by atoms with Gasteiger partial charge in [0.2, 0.25) is 10.0 Å². The number of nitrogens with two attached hydrogens (primary N) is 1. The van der Waals surface area contributed by atoms with Gasteiger partial charge in [0.25, 0.3) is 5.91 Å². The second-order valence-corrected chi connectivity index (χ2v) is 6.32. The number of hydrogen-bond donors (Lipinski definition) is 2. The van der Waals surface area contributed by atoms with E-state index >= 15 is 0 Å². The second kappa shape index (κ2) is 6.18. The van der Waals surface area contributed by atoms with Gasteiger partial charge in [-0.15, -0.1) is 0 Å². The smallest absolute Gasteiger partial charge is 0.256 e. The molecule has 1 amide bonds. The number of benzene rings is 1. The number of amides is 1. The standard InChI is InChI=1S/C14H12N6O3S/c15-24(22,23)11-3-1-10(2-4-11)14(21)19-12-7-13(18-8-17-12)20-6-5-16-9-20/h1-9H,(H2,15,22,23)(H,17,18,19,21). The van der Waals surface area contributed by atoms with Gasteiger partial charge < -0.3 is 5.32 Å². The summed E-state index contributed by atoms with van der Waals surface area (Å²) in [5.41, 5.74) is 0.269. The molecule has 0 saturated carbocycles. The van der Waals surface area contributed by atoms with Crippen LogP contribution in [0.4, 0.5) is 5.82 Å². The summed E-state index contributed by atoms with van der Waals surface area (Å²) in [5.74, 6) is 0.405. The van der Waals surface area contributed by atoms with Gasteiger partial charge in [-0.1, -0.05) is 0 Å². The number of primary sulfonamides is 1. The molecule has 0 atom stereocenters. The van der Waals surface area contributed by atoms with Gasteiger partial charge in [0, 0.05) is 24.0 Å². The maximum absolute atomic E-state index is 12.2. The molecule has 3 aromatic rings. The van der Waals surface area contributed by atoms with Crippen molar-refractivity contribution in [2.45, 2.75) is 4.90 Å². The number of nitrogens with zero attached hydrogens (tertiary/aromatic N) is 4. The Morgan fingerprint density at radius 2 is 1.92 bits per heavy atom. The van der Waals surface area contributed by atoms with Crippen LogP contribution >= 0.6 is 0 Å². The van der Waals surface area contributed by atoms with Crippen molar-refractivity contribution >= 4 is 21.7 Å². The molecule has 0 unspecified atom stereocenters. The average molecular weight is 344 g/mol. The first-order valence-corrected chi connectivity index (χ1v) is 8.23. The van der Waals surface area contributed by atoms with Crippen LogP contribution in [0, 0.1) is 0 Å². The van der Waals surface area contributed by atoms with Crippen molar-refractivity contribution in [1.29, 1.82) is 0 Å². The fourth-order valence-electron chi connectivity index (χ4n) is 1.94. The molecule has 9 nitrogen and oxygen atoms in total. The Morgan fingerprint density at radius 1 is 1.17 bits per heavy atom. The van der Waals surface area contributed by atoms with Gasteiger partial charge in [-0.3, -0.25) is 9.36 Å². The van der Waals surface area contributed by atoms with Crippen LogP contribution in [0.25, 0.3) is 5.82 Å². The van der Waals surface area contributed by atoms with E-state index in [1.165, 1.54) is 30.6 Å². The van der Waals surface area contributed by atoms with E-state index in [0.29, 0.717) is 11.6 Å². The van der Waals surface area contributed by atoms with Gasteiger partial charge in [-0.25, -0.2) is 28.5 Å². The molecule has 0 fully saturated rings. The lowest BCUT2D eigenvalue weighted by Gasteiger charge is -2.07. The number of anilines is 1. The van der Waals surface area contributed by atoms with Crippen molar-refractivity contribution in [2.24, 2.45) is 5.14 Å². The first kappa shape index (κ1) is 15.8. The van der Waals surface area contributed by atoms with E-state index in [-0.39, 0.29) is 10.5 Å². The summed E-state index contributed by atoms with van der Waals surface area (Å²) < 4.78 is 24.1. The molecule has 0 saturated heterocycles. The number of carbonyl (C=O) groups is 1. The van der Waals surface area contributed by atoms with E-state index in [9.17, 15) is 13.2 Å². The van der Waals surface area contributed by atoms with E-state index in [4.69, 9.17) is 5.14 Å². The van der Waals surface area contributed by atoms with E-state index in [0.717, 1.165) is 0 Å². The molecule has 0 aliphatic carbocycles. The van der Waals surface area contributed by atoms with Gasteiger partial charge in [0.15, 0.2) is 0 Å². The first-order chi connectivity index (χ1) is 11.4. The predicted octanol–water partition coefficient (Wildman–Crippen LogP) is 0.562. The Bertz CT molecular complexity index is 968. The van der Waals surface area contributed by atoms with Gasteiger partial charge in [-0.2, -0.15) is 0 Å². The summed E-state index contributed by atoms with van der Waals surface area (Å²) in [4.78, 5) is 24.1. The minimum atomic E-state index is -3.80. The third kappa shape index (κ3) is 3.45. The second-order valence-electron chi connectivity index (χ2n) is 4.75.